The first kappa shape index (κ1) is 14.1. The highest BCUT2D eigenvalue weighted by Crippen LogP contribution is 2.36. The quantitative estimate of drug-likeness (QED) is 0.567. The molecule has 10 nitrogen and oxygen atoms in total. The van der Waals surface area contributed by atoms with Crippen molar-refractivity contribution in [2.75, 3.05) is 5.32 Å². The molecule has 0 fully saturated rings. The van der Waals surface area contributed by atoms with Gasteiger partial charge in [0.2, 0.25) is 11.9 Å². The SMILES string of the molecule is CC(=O)Nc1nc2c(ncn2/C=C\P(=O)(O)O)c(=O)[nH]1. The Labute approximate surface area is 111 Å². The van der Waals surface area contributed by atoms with Gasteiger partial charge in [0.15, 0.2) is 11.2 Å². The van der Waals surface area contributed by atoms with Crippen LogP contribution in [0.1, 0.15) is 6.92 Å². The van der Waals surface area contributed by atoms with Crippen LogP contribution in [0, 0.1) is 0 Å². The number of H-pyrrole nitrogens is 1. The zero-order valence-electron chi connectivity index (χ0n) is 10.1. The second-order valence-corrected chi connectivity index (χ2v) is 5.28. The van der Waals surface area contributed by atoms with Crippen molar-refractivity contribution in [2.24, 2.45) is 0 Å². The van der Waals surface area contributed by atoms with E-state index in [1.54, 1.807) is 0 Å². The van der Waals surface area contributed by atoms with Crippen molar-refractivity contribution in [3.8, 4) is 0 Å². The first-order valence-electron chi connectivity index (χ1n) is 5.25. The van der Waals surface area contributed by atoms with Crippen LogP contribution in [-0.2, 0) is 9.36 Å². The third-order valence-corrected chi connectivity index (χ3v) is 2.67. The third-order valence-electron chi connectivity index (χ3n) is 2.15. The maximum absolute atomic E-state index is 11.7. The van der Waals surface area contributed by atoms with Gasteiger partial charge >= 0.3 is 7.60 Å². The van der Waals surface area contributed by atoms with Crippen molar-refractivity contribution in [3.63, 3.8) is 0 Å². The van der Waals surface area contributed by atoms with E-state index in [-0.39, 0.29) is 17.1 Å². The Hall–Kier alpha value is -2.29. The second kappa shape index (κ2) is 5.00. The molecule has 106 valence electrons. The molecule has 2 aromatic heterocycles. The second-order valence-electron chi connectivity index (χ2n) is 3.81. The fraction of sp³-hybridized carbons (Fsp3) is 0.111. The largest absolute Gasteiger partial charge is 0.350 e. The average molecular weight is 299 g/mol. The predicted octanol–water partition coefficient (Wildman–Crippen LogP) is -0.316. The Bertz CT molecular complexity index is 801. The molecular formula is C9H10N5O5P. The van der Waals surface area contributed by atoms with E-state index in [4.69, 9.17) is 9.79 Å². The number of hydrogen-bond acceptors (Lipinski definition) is 5. The number of anilines is 1. The molecule has 0 aliphatic heterocycles. The number of aromatic amines is 1. The van der Waals surface area contributed by atoms with E-state index in [9.17, 15) is 14.2 Å². The fourth-order valence-corrected chi connectivity index (χ4v) is 1.74. The molecule has 2 heterocycles. The monoisotopic (exact) mass is 299 g/mol. The highest BCUT2D eigenvalue weighted by Gasteiger charge is 2.11. The summed E-state index contributed by atoms with van der Waals surface area (Å²) in [6, 6.07) is 0. The molecule has 0 saturated carbocycles. The van der Waals surface area contributed by atoms with Gasteiger partial charge in [0.25, 0.3) is 5.56 Å². The van der Waals surface area contributed by atoms with Crippen LogP contribution in [0.4, 0.5) is 5.95 Å². The summed E-state index contributed by atoms with van der Waals surface area (Å²) >= 11 is 0. The summed E-state index contributed by atoms with van der Waals surface area (Å²) in [5.74, 6) is 0.139. The molecule has 0 unspecified atom stereocenters. The lowest BCUT2D eigenvalue weighted by Crippen LogP contribution is -2.16. The summed E-state index contributed by atoms with van der Waals surface area (Å²) < 4.78 is 11.9. The molecule has 0 radical (unpaired) electrons. The van der Waals surface area contributed by atoms with Gasteiger partial charge in [-0.2, -0.15) is 4.98 Å². The number of nitrogens with one attached hydrogen (secondary N) is 2. The molecule has 1 amide bonds. The summed E-state index contributed by atoms with van der Waals surface area (Å²) in [4.78, 5) is 50.2. The van der Waals surface area contributed by atoms with Crippen LogP contribution in [0.3, 0.4) is 0 Å². The molecule has 20 heavy (non-hydrogen) atoms. The first-order valence-corrected chi connectivity index (χ1v) is 6.93. The van der Waals surface area contributed by atoms with Gasteiger partial charge in [-0.1, -0.05) is 0 Å². The summed E-state index contributed by atoms with van der Waals surface area (Å²) in [5.41, 5.74) is -0.543. The Morgan fingerprint density at radius 3 is 2.85 bits per heavy atom. The standard InChI is InChI=1S/C9H10N5O5P/c1-5(15)11-9-12-7-6(8(16)13-9)10-4-14(7)2-3-20(17,18)19/h2-4H,1H3,(H2,17,18,19)(H2,11,12,13,15,16)/b3-2-. The van der Waals surface area contributed by atoms with E-state index in [0.717, 1.165) is 10.8 Å². The number of rotatable bonds is 3. The van der Waals surface area contributed by atoms with Gasteiger partial charge in [-0.15, -0.1) is 0 Å². The lowest BCUT2D eigenvalue weighted by Gasteiger charge is -2.01. The van der Waals surface area contributed by atoms with Crippen LogP contribution >= 0.6 is 7.60 Å². The Morgan fingerprint density at radius 1 is 1.55 bits per heavy atom. The van der Waals surface area contributed by atoms with Crippen molar-refractivity contribution in [3.05, 3.63) is 22.5 Å². The van der Waals surface area contributed by atoms with E-state index in [0.29, 0.717) is 5.82 Å². The van der Waals surface area contributed by atoms with Crippen molar-refractivity contribution in [1.82, 2.24) is 19.5 Å². The molecule has 0 aliphatic carbocycles. The molecule has 4 N–H and O–H groups in total. The van der Waals surface area contributed by atoms with Gasteiger partial charge in [-0.25, -0.2) is 4.98 Å². The number of nitrogens with zero attached hydrogens (tertiary/aromatic N) is 3. The van der Waals surface area contributed by atoms with Gasteiger partial charge < -0.3 is 9.79 Å². The van der Waals surface area contributed by atoms with Crippen LogP contribution in [-0.4, -0.2) is 35.2 Å². The lowest BCUT2D eigenvalue weighted by atomic mass is 10.5. The Kier molecular flexibility index (Phi) is 3.53. The molecule has 0 atom stereocenters. The summed E-state index contributed by atoms with van der Waals surface area (Å²) in [7, 11) is -4.34. The topological polar surface area (TPSA) is 150 Å². The maximum atomic E-state index is 11.7. The van der Waals surface area contributed by atoms with E-state index in [1.165, 1.54) is 13.3 Å². The Morgan fingerprint density at radius 2 is 2.25 bits per heavy atom. The smallest absolute Gasteiger partial charge is 0.321 e. The van der Waals surface area contributed by atoms with Crippen LogP contribution in [0.5, 0.6) is 0 Å². The van der Waals surface area contributed by atoms with Crippen LogP contribution in [0.25, 0.3) is 17.4 Å². The lowest BCUT2D eigenvalue weighted by molar-refractivity contribution is -0.114. The molecule has 11 heteroatoms. The number of carbonyl (C=O) groups excluding carboxylic acids is 1. The number of amides is 1. The molecular weight excluding hydrogens is 289 g/mol. The normalized spacial score (nSPS) is 12.2. The van der Waals surface area contributed by atoms with Crippen molar-refractivity contribution < 1.29 is 19.1 Å². The number of imidazole rings is 1. The number of carbonyl (C=O) groups is 1. The molecule has 0 saturated heterocycles. The van der Waals surface area contributed by atoms with Crippen LogP contribution < -0.4 is 10.9 Å². The highest BCUT2D eigenvalue weighted by molar-refractivity contribution is 7.55. The van der Waals surface area contributed by atoms with Crippen molar-refractivity contribution >= 4 is 36.8 Å². The third kappa shape index (κ3) is 3.18. The zero-order chi connectivity index (χ0) is 14.9. The Balaban J connectivity index is 2.55. The van der Waals surface area contributed by atoms with Crippen LogP contribution in [0.15, 0.2) is 16.9 Å². The van der Waals surface area contributed by atoms with E-state index < -0.39 is 19.1 Å². The van der Waals surface area contributed by atoms with Gasteiger partial charge in [0.05, 0.1) is 0 Å². The summed E-state index contributed by atoms with van der Waals surface area (Å²) in [5, 5.41) is 2.30. The first-order chi connectivity index (χ1) is 9.26. The number of fused-ring (bicyclic) bond motifs is 1. The van der Waals surface area contributed by atoms with E-state index in [2.05, 4.69) is 20.3 Å². The summed E-state index contributed by atoms with van der Waals surface area (Å²) in [6.07, 6.45) is 2.22. The van der Waals surface area contributed by atoms with Gasteiger partial charge in [-0.3, -0.25) is 29.0 Å². The minimum atomic E-state index is -4.34. The molecule has 2 aromatic rings. The van der Waals surface area contributed by atoms with Gasteiger partial charge in [-0.05, 0) is 0 Å². The van der Waals surface area contributed by atoms with Crippen molar-refractivity contribution in [2.45, 2.75) is 6.92 Å². The molecule has 0 aliphatic rings. The minimum Gasteiger partial charge on any atom is -0.321 e. The van der Waals surface area contributed by atoms with Crippen LogP contribution in [0.2, 0.25) is 0 Å². The number of aromatic nitrogens is 4. The highest BCUT2D eigenvalue weighted by atomic mass is 31.2. The van der Waals surface area contributed by atoms with Gasteiger partial charge in [0, 0.05) is 18.9 Å². The predicted molar refractivity (Wildman–Crippen MR) is 69.8 cm³/mol. The molecule has 2 rings (SSSR count). The number of hydrogen-bond donors (Lipinski definition) is 4. The molecule has 0 spiro atoms. The maximum Gasteiger partial charge on any atom is 0.350 e. The molecule has 0 bridgehead atoms. The average Bonchev–Trinajstić information content (AvgIpc) is 2.68. The summed E-state index contributed by atoms with van der Waals surface area (Å²) in [6.45, 7) is 1.25. The molecule has 0 aromatic carbocycles. The van der Waals surface area contributed by atoms with Crippen molar-refractivity contribution in [1.29, 1.82) is 0 Å². The van der Waals surface area contributed by atoms with E-state index in [1.807, 2.05) is 0 Å². The zero-order valence-corrected chi connectivity index (χ0v) is 11.0. The fourth-order valence-electron chi connectivity index (χ4n) is 1.42. The van der Waals surface area contributed by atoms with Gasteiger partial charge in [0.1, 0.15) is 6.33 Å². The van der Waals surface area contributed by atoms with E-state index >= 15 is 0 Å². The minimum absolute atomic E-state index is 0.0190.